The molecule has 0 atom stereocenters. The van der Waals surface area contributed by atoms with Crippen molar-refractivity contribution in [2.45, 2.75) is 26.4 Å². The molecule has 0 amide bonds. The second-order valence-corrected chi connectivity index (χ2v) is 7.09. The van der Waals surface area contributed by atoms with Crippen LogP contribution in [0.3, 0.4) is 0 Å². The smallest absolute Gasteiger partial charge is 0.231 e. The standard InChI is InChI=1S/C24H26N2O3/c1-2-27-22-8-5-20(6-9-22)16-26(17-21-4-3-12-25-15-21)13-11-19-7-10-23-24(14-19)29-18-28-23/h3-10,12,14-15H,2,11,13,16-18H2,1H3. The van der Waals surface area contributed by atoms with Crippen LogP contribution in [0.1, 0.15) is 23.6 Å². The van der Waals surface area contributed by atoms with E-state index in [1.807, 2.05) is 43.6 Å². The van der Waals surface area contributed by atoms with Gasteiger partial charge in [0, 0.05) is 32.0 Å². The van der Waals surface area contributed by atoms with Crippen molar-refractivity contribution in [3.8, 4) is 17.2 Å². The lowest BCUT2D eigenvalue weighted by Gasteiger charge is -2.23. The number of aromatic nitrogens is 1. The summed E-state index contributed by atoms with van der Waals surface area (Å²) in [6.45, 7) is 5.64. The summed E-state index contributed by atoms with van der Waals surface area (Å²) in [7, 11) is 0. The molecule has 5 nitrogen and oxygen atoms in total. The lowest BCUT2D eigenvalue weighted by molar-refractivity contribution is 0.174. The first-order valence-electron chi connectivity index (χ1n) is 10.0. The molecule has 3 aromatic rings. The predicted molar refractivity (Wildman–Crippen MR) is 112 cm³/mol. The summed E-state index contributed by atoms with van der Waals surface area (Å²) in [4.78, 5) is 6.70. The fraction of sp³-hybridized carbons (Fsp3) is 0.292. The SMILES string of the molecule is CCOc1ccc(CN(CCc2ccc3c(c2)OCO3)Cc2cccnc2)cc1. The van der Waals surface area contributed by atoms with Gasteiger partial charge in [0.1, 0.15) is 5.75 Å². The van der Waals surface area contributed by atoms with Crippen LogP contribution in [0.5, 0.6) is 17.2 Å². The Balaban J connectivity index is 1.44. The van der Waals surface area contributed by atoms with Gasteiger partial charge >= 0.3 is 0 Å². The molecule has 0 bridgehead atoms. The Hall–Kier alpha value is -3.05. The van der Waals surface area contributed by atoms with Gasteiger partial charge in [0.25, 0.3) is 0 Å². The zero-order valence-corrected chi connectivity index (χ0v) is 16.7. The lowest BCUT2D eigenvalue weighted by Crippen LogP contribution is -2.25. The Labute approximate surface area is 171 Å². The summed E-state index contributed by atoms with van der Waals surface area (Å²) in [5.74, 6) is 2.58. The van der Waals surface area contributed by atoms with E-state index in [0.29, 0.717) is 13.4 Å². The van der Waals surface area contributed by atoms with Gasteiger partial charge in [0.05, 0.1) is 6.61 Å². The van der Waals surface area contributed by atoms with Crippen molar-refractivity contribution in [3.63, 3.8) is 0 Å². The van der Waals surface area contributed by atoms with Gasteiger partial charge in [-0.1, -0.05) is 24.3 Å². The fourth-order valence-corrected chi connectivity index (χ4v) is 3.46. The van der Waals surface area contributed by atoms with Gasteiger partial charge in [-0.15, -0.1) is 0 Å². The van der Waals surface area contributed by atoms with Crippen LogP contribution in [0.25, 0.3) is 0 Å². The quantitative estimate of drug-likeness (QED) is 0.540. The number of pyridine rings is 1. The minimum atomic E-state index is 0.309. The highest BCUT2D eigenvalue weighted by atomic mass is 16.7. The van der Waals surface area contributed by atoms with Crippen molar-refractivity contribution in [2.24, 2.45) is 0 Å². The molecule has 2 aromatic carbocycles. The van der Waals surface area contributed by atoms with Gasteiger partial charge in [0.2, 0.25) is 6.79 Å². The van der Waals surface area contributed by atoms with Crippen molar-refractivity contribution in [3.05, 3.63) is 83.7 Å². The first kappa shape index (κ1) is 19.3. The van der Waals surface area contributed by atoms with Gasteiger partial charge in [-0.3, -0.25) is 9.88 Å². The third-order valence-corrected chi connectivity index (χ3v) is 4.92. The molecule has 29 heavy (non-hydrogen) atoms. The van der Waals surface area contributed by atoms with Crippen molar-refractivity contribution in [1.82, 2.24) is 9.88 Å². The van der Waals surface area contributed by atoms with Crippen molar-refractivity contribution < 1.29 is 14.2 Å². The molecule has 0 saturated heterocycles. The molecule has 5 heteroatoms. The summed E-state index contributed by atoms with van der Waals surface area (Å²) >= 11 is 0. The van der Waals surface area contributed by atoms with Gasteiger partial charge in [-0.05, 0) is 60.4 Å². The minimum Gasteiger partial charge on any atom is -0.494 e. The third-order valence-electron chi connectivity index (χ3n) is 4.92. The maximum absolute atomic E-state index is 5.56. The molecule has 1 aliphatic heterocycles. The molecule has 0 unspecified atom stereocenters. The molecule has 150 valence electrons. The van der Waals surface area contributed by atoms with Crippen LogP contribution < -0.4 is 14.2 Å². The Kier molecular flexibility index (Phi) is 6.27. The minimum absolute atomic E-state index is 0.309. The van der Waals surface area contributed by atoms with Crippen LogP contribution in [0, 0.1) is 0 Å². The Morgan fingerprint density at radius 3 is 2.52 bits per heavy atom. The van der Waals surface area contributed by atoms with E-state index >= 15 is 0 Å². The number of ether oxygens (including phenoxy) is 3. The number of benzene rings is 2. The summed E-state index contributed by atoms with van der Waals surface area (Å²) in [5, 5.41) is 0. The number of fused-ring (bicyclic) bond motifs is 1. The van der Waals surface area contributed by atoms with Gasteiger partial charge in [-0.25, -0.2) is 0 Å². The largest absolute Gasteiger partial charge is 0.494 e. The number of rotatable bonds is 9. The van der Waals surface area contributed by atoms with Crippen LogP contribution in [-0.2, 0) is 19.5 Å². The highest BCUT2D eigenvalue weighted by Gasteiger charge is 2.14. The fourth-order valence-electron chi connectivity index (χ4n) is 3.46. The van der Waals surface area contributed by atoms with Crippen LogP contribution in [0.2, 0.25) is 0 Å². The Morgan fingerprint density at radius 2 is 1.72 bits per heavy atom. The van der Waals surface area contributed by atoms with E-state index in [1.165, 1.54) is 16.7 Å². The van der Waals surface area contributed by atoms with Crippen LogP contribution in [0.4, 0.5) is 0 Å². The lowest BCUT2D eigenvalue weighted by atomic mass is 10.1. The zero-order chi connectivity index (χ0) is 19.9. The van der Waals surface area contributed by atoms with Crippen molar-refractivity contribution in [1.29, 1.82) is 0 Å². The van der Waals surface area contributed by atoms with E-state index in [0.717, 1.165) is 43.3 Å². The summed E-state index contributed by atoms with van der Waals surface area (Å²) < 4.78 is 16.5. The normalized spacial score (nSPS) is 12.3. The molecular weight excluding hydrogens is 364 g/mol. The molecule has 0 aliphatic carbocycles. The van der Waals surface area contributed by atoms with Crippen LogP contribution in [-0.4, -0.2) is 29.8 Å². The monoisotopic (exact) mass is 390 g/mol. The zero-order valence-electron chi connectivity index (χ0n) is 16.7. The average molecular weight is 390 g/mol. The molecule has 0 saturated carbocycles. The van der Waals surface area contributed by atoms with Crippen LogP contribution >= 0.6 is 0 Å². The van der Waals surface area contributed by atoms with E-state index in [9.17, 15) is 0 Å². The van der Waals surface area contributed by atoms with E-state index in [2.05, 4.69) is 40.2 Å². The molecule has 2 heterocycles. The van der Waals surface area contributed by atoms with E-state index in [4.69, 9.17) is 14.2 Å². The molecule has 0 spiro atoms. The Bertz CT molecular complexity index is 913. The van der Waals surface area contributed by atoms with Crippen LogP contribution in [0.15, 0.2) is 67.0 Å². The number of hydrogen-bond acceptors (Lipinski definition) is 5. The highest BCUT2D eigenvalue weighted by Crippen LogP contribution is 2.32. The topological polar surface area (TPSA) is 43.8 Å². The third kappa shape index (κ3) is 5.27. The second kappa shape index (κ2) is 9.43. The van der Waals surface area contributed by atoms with E-state index in [1.54, 1.807) is 0 Å². The Morgan fingerprint density at radius 1 is 0.931 bits per heavy atom. The second-order valence-electron chi connectivity index (χ2n) is 7.09. The maximum atomic E-state index is 5.56. The van der Waals surface area contributed by atoms with Crippen molar-refractivity contribution in [2.75, 3.05) is 19.9 Å². The first-order chi connectivity index (χ1) is 14.3. The molecular formula is C24H26N2O3. The molecule has 0 N–H and O–H groups in total. The summed E-state index contributed by atoms with van der Waals surface area (Å²) in [6.07, 6.45) is 4.69. The van der Waals surface area contributed by atoms with Gasteiger partial charge < -0.3 is 14.2 Å². The number of nitrogens with zero attached hydrogens (tertiary/aromatic N) is 2. The molecule has 0 radical (unpaired) electrons. The molecule has 1 aliphatic rings. The highest BCUT2D eigenvalue weighted by molar-refractivity contribution is 5.44. The first-order valence-corrected chi connectivity index (χ1v) is 10.0. The number of hydrogen-bond donors (Lipinski definition) is 0. The summed E-state index contributed by atoms with van der Waals surface area (Å²) in [5.41, 5.74) is 3.73. The van der Waals surface area contributed by atoms with E-state index in [-0.39, 0.29) is 0 Å². The average Bonchev–Trinajstić information content (AvgIpc) is 3.22. The molecule has 0 fully saturated rings. The molecule has 4 rings (SSSR count). The molecule has 1 aromatic heterocycles. The van der Waals surface area contributed by atoms with Crippen molar-refractivity contribution >= 4 is 0 Å². The van der Waals surface area contributed by atoms with Gasteiger partial charge in [-0.2, -0.15) is 0 Å². The predicted octanol–water partition coefficient (Wildman–Crippen LogP) is 4.45. The van der Waals surface area contributed by atoms with Gasteiger partial charge in [0.15, 0.2) is 11.5 Å². The maximum Gasteiger partial charge on any atom is 0.231 e. The van der Waals surface area contributed by atoms with E-state index < -0.39 is 0 Å². The summed E-state index contributed by atoms with van der Waals surface area (Å²) in [6, 6.07) is 18.7.